The predicted octanol–water partition coefficient (Wildman–Crippen LogP) is 2.47. The number of rotatable bonds is 3. The van der Waals surface area contributed by atoms with E-state index in [1.54, 1.807) is 26.2 Å². The summed E-state index contributed by atoms with van der Waals surface area (Å²) in [6.45, 7) is 3.99. The minimum absolute atomic E-state index is 0.252. The average Bonchev–Trinajstić information content (AvgIpc) is 2.47. The van der Waals surface area contributed by atoms with Gasteiger partial charge in [0.2, 0.25) is 0 Å². The molecule has 114 valence electrons. The smallest absolute Gasteiger partial charge is 0.329 e. The molecule has 1 aliphatic heterocycles. The number of carbonyl (C=O) groups is 2. The normalized spacial score (nSPS) is 22.0. The van der Waals surface area contributed by atoms with Gasteiger partial charge in [0.25, 0.3) is 5.91 Å². The van der Waals surface area contributed by atoms with E-state index in [1.807, 2.05) is 13.0 Å². The van der Waals surface area contributed by atoms with Crippen LogP contribution in [-0.4, -0.2) is 41.1 Å². The number of ether oxygens (including phenoxy) is 1. The third-order valence-corrected chi connectivity index (χ3v) is 4.25. The lowest BCUT2D eigenvalue weighted by Crippen LogP contribution is -2.57. The summed E-state index contributed by atoms with van der Waals surface area (Å²) in [7, 11) is 1.55. The molecule has 1 amide bonds. The number of carbonyl (C=O) groups excluding carboxylic acids is 1. The van der Waals surface area contributed by atoms with Crippen LogP contribution >= 0.6 is 0 Å². The maximum atomic E-state index is 12.7. The maximum Gasteiger partial charge on any atom is 0.329 e. The molecule has 1 saturated heterocycles. The molecule has 1 heterocycles. The van der Waals surface area contributed by atoms with Crippen molar-refractivity contribution in [3.8, 4) is 5.75 Å². The summed E-state index contributed by atoms with van der Waals surface area (Å²) < 4.78 is 5.24. The van der Waals surface area contributed by atoms with Crippen molar-refractivity contribution >= 4 is 11.9 Å². The highest BCUT2D eigenvalue weighted by Crippen LogP contribution is 2.30. The molecule has 0 aromatic heterocycles. The van der Waals surface area contributed by atoms with Crippen LogP contribution in [0.3, 0.4) is 0 Å². The number of carboxylic acids is 1. The van der Waals surface area contributed by atoms with E-state index in [2.05, 4.69) is 0 Å². The number of nitrogens with zero attached hydrogens (tertiary/aromatic N) is 1. The zero-order chi connectivity index (χ0) is 15.6. The molecular formula is C16H21NO4. The fraction of sp³-hybridized carbons (Fsp3) is 0.500. The fourth-order valence-corrected chi connectivity index (χ4v) is 2.78. The molecule has 1 aromatic rings. The monoisotopic (exact) mass is 291 g/mol. The van der Waals surface area contributed by atoms with E-state index < -0.39 is 11.5 Å². The molecule has 5 heteroatoms. The standard InChI is InChI=1S/C16H21NO4/c1-11-6-7-12(10-13(11)21-3)14(18)17-9-5-4-8-16(17,2)15(19)20/h6-7,10H,4-5,8-9H2,1-3H3,(H,19,20). The van der Waals surface area contributed by atoms with Crippen LogP contribution in [0, 0.1) is 6.92 Å². The second kappa shape index (κ2) is 5.76. The minimum atomic E-state index is -1.13. The van der Waals surface area contributed by atoms with E-state index in [0.717, 1.165) is 18.4 Å². The van der Waals surface area contributed by atoms with Gasteiger partial charge in [-0.25, -0.2) is 4.79 Å². The van der Waals surface area contributed by atoms with Crippen LogP contribution in [0.25, 0.3) is 0 Å². The Balaban J connectivity index is 2.35. The van der Waals surface area contributed by atoms with Crippen molar-refractivity contribution in [1.29, 1.82) is 0 Å². The molecular weight excluding hydrogens is 270 g/mol. The van der Waals surface area contributed by atoms with Crippen LogP contribution in [0.2, 0.25) is 0 Å². The van der Waals surface area contributed by atoms with Gasteiger partial charge in [0, 0.05) is 12.1 Å². The number of hydrogen-bond acceptors (Lipinski definition) is 3. The van der Waals surface area contributed by atoms with Crippen LogP contribution in [0.15, 0.2) is 18.2 Å². The molecule has 5 nitrogen and oxygen atoms in total. The van der Waals surface area contributed by atoms with E-state index >= 15 is 0 Å². The number of hydrogen-bond donors (Lipinski definition) is 1. The molecule has 1 aromatic carbocycles. The molecule has 0 radical (unpaired) electrons. The van der Waals surface area contributed by atoms with Gasteiger partial charge in [-0.3, -0.25) is 4.79 Å². The number of aryl methyl sites for hydroxylation is 1. The summed E-state index contributed by atoms with van der Waals surface area (Å²) >= 11 is 0. The van der Waals surface area contributed by atoms with E-state index in [4.69, 9.17) is 4.74 Å². The first-order chi connectivity index (χ1) is 9.90. The summed E-state index contributed by atoms with van der Waals surface area (Å²) in [5, 5.41) is 9.49. The van der Waals surface area contributed by atoms with Crippen molar-refractivity contribution in [2.45, 2.75) is 38.6 Å². The van der Waals surface area contributed by atoms with Gasteiger partial charge < -0.3 is 14.7 Å². The molecule has 1 fully saturated rings. The molecule has 21 heavy (non-hydrogen) atoms. The summed E-state index contributed by atoms with van der Waals surface area (Å²) in [6, 6.07) is 5.21. The molecule has 1 aliphatic rings. The lowest BCUT2D eigenvalue weighted by molar-refractivity contribution is -0.150. The van der Waals surface area contributed by atoms with Crippen molar-refractivity contribution in [1.82, 2.24) is 4.90 Å². The third kappa shape index (κ3) is 2.73. The SMILES string of the molecule is COc1cc(C(=O)N2CCCCC2(C)C(=O)O)ccc1C. The molecule has 0 aliphatic carbocycles. The van der Waals surface area contributed by atoms with Gasteiger partial charge >= 0.3 is 5.97 Å². The molecule has 1 unspecified atom stereocenters. The first-order valence-corrected chi connectivity index (χ1v) is 7.10. The number of carboxylic acid groups (broad SMARTS) is 1. The Morgan fingerprint density at radius 2 is 2.05 bits per heavy atom. The molecule has 0 saturated carbocycles. The first-order valence-electron chi connectivity index (χ1n) is 7.10. The summed E-state index contributed by atoms with van der Waals surface area (Å²) in [4.78, 5) is 25.8. The largest absolute Gasteiger partial charge is 0.496 e. The van der Waals surface area contributed by atoms with Gasteiger partial charge in [-0.2, -0.15) is 0 Å². The first kappa shape index (κ1) is 15.4. The molecule has 2 rings (SSSR count). The van der Waals surface area contributed by atoms with E-state index in [1.165, 1.54) is 4.90 Å². The van der Waals surface area contributed by atoms with Gasteiger partial charge in [0.05, 0.1) is 7.11 Å². The summed E-state index contributed by atoms with van der Waals surface area (Å²) in [6.07, 6.45) is 2.14. The Morgan fingerprint density at radius 1 is 1.33 bits per heavy atom. The fourth-order valence-electron chi connectivity index (χ4n) is 2.78. The number of benzene rings is 1. The van der Waals surface area contributed by atoms with Gasteiger partial charge in [0.1, 0.15) is 11.3 Å². The number of methoxy groups -OCH3 is 1. The highest BCUT2D eigenvalue weighted by molar-refractivity contribution is 5.98. The minimum Gasteiger partial charge on any atom is -0.496 e. The van der Waals surface area contributed by atoms with Crippen molar-refractivity contribution in [2.75, 3.05) is 13.7 Å². The Hall–Kier alpha value is -2.04. The van der Waals surface area contributed by atoms with Crippen LogP contribution in [-0.2, 0) is 4.79 Å². The zero-order valence-corrected chi connectivity index (χ0v) is 12.7. The number of piperidine rings is 1. The third-order valence-electron chi connectivity index (χ3n) is 4.25. The van der Waals surface area contributed by atoms with E-state index in [9.17, 15) is 14.7 Å². The summed E-state index contributed by atoms with van der Waals surface area (Å²) in [5.74, 6) is -0.567. The van der Waals surface area contributed by atoms with E-state index in [0.29, 0.717) is 24.3 Å². The van der Waals surface area contributed by atoms with Crippen LogP contribution < -0.4 is 4.74 Å². The zero-order valence-electron chi connectivity index (χ0n) is 12.7. The van der Waals surface area contributed by atoms with Crippen LogP contribution in [0.4, 0.5) is 0 Å². The highest BCUT2D eigenvalue weighted by Gasteiger charge is 2.44. The molecule has 0 bridgehead atoms. The van der Waals surface area contributed by atoms with Gasteiger partial charge in [-0.15, -0.1) is 0 Å². The number of amides is 1. The number of aliphatic carboxylic acids is 1. The Labute approximate surface area is 124 Å². The Bertz CT molecular complexity index is 569. The molecule has 1 atom stereocenters. The lowest BCUT2D eigenvalue weighted by atomic mass is 9.87. The maximum absolute atomic E-state index is 12.7. The summed E-state index contributed by atoms with van der Waals surface area (Å²) in [5.41, 5.74) is 0.272. The highest BCUT2D eigenvalue weighted by atomic mass is 16.5. The predicted molar refractivity (Wildman–Crippen MR) is 78.7 cm³/mol. The average molecular weight is 291 g/mol. The van der Waals surface area contributed by atoms with Gasteiger partial charge in [0.15, 0.2) is 0 Å². The second-order valence-electron chi connectivity index (χ2n) is 5.68. The molecule has 1 N–H and O–H groups in total. The quantitative estimate of drug-likeness (QED) is 0.929. The number of likely N-dealkylation sites (tertiary alicyclic amines) is 1. The van der Waals surface area contributed by atoms with Crippen molar-refractivity contribution in [2.24, 2.45) is 0 Å². The Kier molecular flexibility index (Phi) is 4.21. The second-order valence-corrected chi connectivity index (χ2v) is 5.68. The van der Waals surface area contributed by atoms with Crippen LogP contribution in [0.1, 0.15) is 42.1 Å². The van der Waals surface area contributed by atoms with Crippen molar-refractivity contribution in [3.05, 3.63) is 29.3 Å². The topological polar surface area (TPSA) is 66.8 Å². The van der Waals surface area contributed by atoms with E-state index in [-0.39, 0.29) is 5.91 Å². The lowest BCUT2D eigenvalue weighted by Gasteiger charge is -2.41. The van der Waals surface area contributed by atoms with Crippen molar-refractivity contribution in [3.63, 3.8) is 0 Å². The Morgan fingerprint density at radius 3 is 2.67 bits per heavy atom. The van der Waals surface area contributed by atoms with Gasteiger partial charge in [-0.1, -0.05) is 6.07 Å². The van der Waals surface area contributed by atoms with Crippen LogP contribution in [0.5, 0.6) is 5.75 Å². The van der Waals surface area contributed by atoms with Crippen molar-refractivity contribution < 1.29 is 19.4 Å². The molecule has 0 spiro atoms. The van der Waals surface area contributed by atoms with Gasteiger partial charge in [-0.05, 0) is 50.8 Å².